The Morgan fingerprint density at radius 3 is 1.21 bits per heavy atom. The molecule has 0 spiro atoms. The first-order valence-corrected chi connectivity index (χ1v) is 6.22. The number of aromatic hydroxyl groups is 4. The average molecular weight is 344 g/mol. The van der Waals surface area contributed by atoms with Crippen LogP contribution in [0, 0.1) is 0 Å². The van der Waals surface area contributed by atoms with Crippen molar-refractivity contribution in [2.24, 2.45) is 0 Å². The van der Waals surface area contributed by atoms with Gasteiger partial charge in [0.1, 0.15) is 0 Å². The third kappa shape index (κ3) is 3.18. The van der Waals surface area contributed by atoms with Crippen molar-refractivity contribution in [3.05, 3.63) is 24.3 Å². The van der Waals surface area contributed by atoms with E-state index in [0.29, 0.717) is 0 Å². The molecule has 6 N–H and O–H groups in total. The Balaban J connectivity index is 2.04. The van der Waals surface area contributed by atoms with Crippen LogP contribution in [-0.2, 0) is 9.59 Å². The number of carbonyl (C=O) groups is 2. The van der Waals surface area contributed by atoms with Gasteiger partial charge in [0.15, 0.2) is 12.2 Å². The Morgan fingerprint density at radius 2 is 0.958 bits per heavy atom. The molecule has 0 saturated carbocycles. The maximum absolute atomic E-state index is 11.6. The third-order valence-corrected chi connectivity index (χ3v) is 2.74. The smallest absolute Gasteiger partial charge is 0.364 e. The van der Waals surface area contributed by atoms with Crippen molar-refractivity contribution < 1.29 is 49.9 Å². The van der Waals surface area contributed by atoms with Crippen LogP contribution in [0.3, 0.4) is 0 Å². The predicted octanol–water partition coefficient (Wildman–Crippen LogP) is -2.56. The van der Waals surface area contributed by atoms with E-state index in [4.69, 9.17) is 0 Å². The van der Waals surface area contributed by atoms with Gasteiger partial charge in [0.25, 0.3) is 0 Å². The quantitative estimate of drug-likeness (QED) is 0.337. The van der Waals surface area contributed by atoms with Gasteiger partial charge in [0.2, 0.25) is 23.5 Å². The SMILES string of the molecule is O=C(On1c(O)ccc1O)C(O)C(O)C(=O)On1c(O)ccc1O. The van der Waals surface area contributed by atoms with E-state index in [1.165, 1.54) is 0 Å². The summed E-state index contributed by atoms with van der Waals surface area (Å²) in [4.78, 5) is 32.0. The van der Waals surface area contributed by atoms with E-state index in [-0.39, 0.29) is 9.46 Å². The van der Waals surface area contributed by atoms with E-state index in [0.717, 1.165) is 24.3 Å². The molecular formula is C12H12N2O10. The molecule has 0 aliphatic heterocycles. The number of aliphatic hydroxyl groups excluding tert-OH is 2. The molecule has 2 heterocycles. The van der Waals surface area contributed by atoms with Gasteiger partial charge in [-0.3, -0.25) is 0 Å². The van der Waals surface area contributed by atoms with Crippen LogP contribution in [0.15, 0.2) is 24.3 Å². The van der Waals surface area contributed by atoms with Gasteiger partial charge in [-0.2, -0.15) is 0 Å². The summed E-state index contributed by atoms with van der Waals surface area (Å²) in [5.74, 6) is -5.97. The number of rotatable bonds is 5. The highest BCUT2D eigenvalue weighted by Gasteiger charge is 2.35. The molecule has 0 saturated heterocycles. The van der Waals surface area contributed by atoms with Crippen molar-refractivity contribution in [3.63, 3.8) is 0 Å². The molecule has 2 aromatic rings. The van der Waals surface area contributed by atoms with E-state index in [2.05, 4.69) is 9.68 Å². The molecule has 0 bridgehead atoms. The summed E-state index contributed by atoms with van der Waals surface area (Å²) in [6, 6.07) is 3.88. The van der Waals surface area contributed by atoms with Gasteiger partial charge in [-0.1, -0.05) is 0 Å². The van der Waals surface area contributed by atoms with Gasteiger partial charge >= 0.3 is 11.9 Å². The lowest BCUT2D eigenvalue weighted by Gasteiger charge is -2.16. The van der Waals surface area contributed by atoms with Crippen molar-refractivity contribution >= 4 is 11.9 Å². The lowest BCUT2D eigenvalue weighted by Crippen LogP contribution is -2.46. The molecule has 2 unspecified atom stereocenters. The summed E-state index contributed by atoms with van der Waals surface area (Å²) in [6.45, 7) is 0. The first kappa shape index (κ1) is 17.0. The summed E-state index contributed by atoms with van der Waals surface area (Å²) in [6.07, 6.45) is -4.92. The molecular weight excluding hydrogens is 332 g/mol. The first-order valence-electron chi connectivity index (χ1n) is 6.22. The first-order chi connectivity index (χ1) is 11.2. The minimum atomic E-state index is -2.46. The molecule has 0 fully saturated rings. The fraction of sp³-hybridized carbons (Fsp3) is 0.167. The molecule has 0 aromatic carbocycles. The van der Waals surface area contributed by atoms with Gasteiger partial charge in [0.05, 0.1) is 0 Å². The van der Waals surface area contributed by atoms with Crippen LogP contribution in [0.4, 0.5) is 0 Å². The summed E-state index contributed by atoms with van der Waals surface area (Å²) < 4.78 is 0.459. The Kier molecular flexibility index (Phi) is 4.52. The lowest BCUT2D eigenvalue weighted by molar-refractivity contribution is -0.174. The molecule has 24 heavy (non-hydrogen) atoms. The second kappa shape index (κ2) is 6.39. The molecule has 0 aliphatic carbocycles. The molecule has 2 aromatic heterocycles. The minimum Gasteiger partial charge on any atom is -0.492 e. The number of hydrogen-bond acceptors (Lipinski definition) is 10. The Labute approximate surface area is 132 Å². The van der Waals surface area contributed by atoms with Crippen LogP contribution in [0.2, 0.25) is 0 Å². The van der Waals surface area contributed by atoms with Crippen molar-refractivity contribution in [2.45, 2.75) is 12.2 Å². The standard InChI is InChI=1S/C12H12N2O10/c15-5-1-2-6(16)13(5)23-11(21)9(19)10(20)12(22)24-14-7(17)3-4-8(14)18/h1-4,9-10,15-20H. The monoisotopic (exact) mass is 344 g/mol. The van der Waals surface area contributed by atoms with E-state index < -0.39 is 47.7 Å². The summed E-state index contributed by atoms with van der Waals surface area (Å²) >= 11 is 0. The Morgan fingerprint density at radius 1 is 0.708 bits per heavy atom. The van der Waals surface area contributed by atoms with E-state index >= 15 is 0 Å². The highest BCUT2D eigenvalue weighted by Crippen LogP contribution is 2.20. The summed E-state index contributed by atoms with van der Waals surface area (Å²) in [5.41, 5.74) is 0. The van der Waals surface area contributed by atoms with E-state index in [1.54, 1.807) is 0 Å². The van der Waals surface area contributed by atoms with Crippen LogP contribution < -0.4 is 9.68 Å². The zero-order valence-corrected chi connectivity index (χ0v) is 11.7. The highest BCUT2D eigenvalue weighted by atomic mass is 16.7. The van der Waals surface area contributed by atoms with Gasteiger partial charge in [-0.15, -0.1) is 9.46 Å². The maximum atomic E-state index is 11.6. The normalized spacial score (nSPS) is 13.2. The number of carbonyl (C=O) groups excluding carboxylic acids is 2. The molecule has 0 amide bonds. The molecule has 0 aliphatic rings. The molecule has 12 heteroatoms. The third-order valence-electron chi connectivity index (χ3n) is 2.74. The predicted molar refractivity (Wildman–Crippen MR) is 70.7 cm³/mol. The van der Waals surface area contributed by atoms with Crippen LogP contribution in [0.5, 0.6) is 23.5 Å². The number of aliphatic hydroxyl groups is 2. The topological polar surface area (TPSA) is 184 Å². The molecule has 12 nitrogen and oxygen atoms in total. The van der Waals surface area contributed by atoms with Crippen LogP contribution in [-0.4, -0.2) is 64.2 Å². The molecule has 130 valence electrons. The van der Waals surface area contributed by atoms with Crippen LogP contribution in [0.25, 0.3) is 0 Å². The fourth-order valence-corrected chi connectivity index (χ4v) is 1.54. The second-order valence-corrected chi connectivity index (χ2v) is 4.40. The zero-order valence-electron chi connectivity index (χ0n) is 11.7. The lowest BCUT2D eigenvalue weighted by atomic mass is 10.2. The number of hydrogen-bond donors (Lipinski definition) is 6. The Bertz CT molecular complexity index is 661. The van der Waals surface area contributed by atoms with Crippen molar-refractivity contribution in [1.29, 1.82) is 0 Å². The molecule has 2 rings (SSSR count). The van der Waals surface area contributed by atoms with E-state index in [1.807, 2.05) is 0 Å². The van der Waals surface area contributed by atoms with Gasteiger partial charge < -0.3 is 40.3 Å². The zero-order chi connectivity index (χ0) is 18.0. The van der Waals surface area contributed by atoms with Gasteiger partial charge in [0, 0.05) is 24.3 Å². The Hall–Kier alpha value is -3.38. The van der Waals surface area contributed by atoms with E-state index in [9.17, 15) is 40.2 Å². The largest absolute Gasteiger partial charge is 0.492 e. The highest BCUT2D eigenvalue weighted by molar-refractivity contribution is 5.85. The van der Waals surface area contributed by atoms with Gasteiger partial charge in [-0.25, -0.2) is 9.59 Å². The average Bonchev–Trinajstić information content (AvgIpc) is 3.03. The van der Waals surface area contributed by atoms with Crippen molar-refractivity contribution in [2.75, 3.05) is 0 Å². The van der Waals surface area contributed by atoms with Crippen molar-refractivity contribution in [3.8, 4) is 23.5 Å². The molecule has 0 radical (unpaired) electrons. The maximum Gasteiger partial charge on any atom is 0.364 e. The van der Waals surface area contributed by atoms with Crippen molar-refractivity contribution in [1.82, 2.24) is 9.46 Å². The number of nitrogens with zero attached hydrogens (tertiary/aromatic N) is 2. The van der Waals surface area contributed by atoms with Crippen LogP contribution in [0.1, 0.15) is 0 Å². The summed E-state index contributed by atoms with van der Waals surface area (Å²) in [5, 5.41) is 56.2. The minimum absolute atomic E-state index is 0.229. The number of aromatic nitrogens is 2. The fourth-order valence-electron chi connectivity index (χ4n) is 1.54. The van der Waals surface area contributed by atoms with Crippen LogP contribution >= 0.6 is 0 Å². The second-order valence-electron chi connectivity index (χ2n) is 4.40. The summed E-state index contributed by atoms with van der Waals surface area (Å²) in [7, 11) is 0. The molecule has 2 atom stereocenters. The van der Waals surface area contributed by atoms with Gasteiger partial charge in [-0.05, 0) is 0 Å².